The first kappa shape index (κ1) is 12.9. The molecule has 3 aromatic rings. The molecule has 0 spiro atoms. The lowest BCUT2D eigenvalue weighted by Crippen LogP contribution is -1.97. The van der Waals surface area contributed by atoms with Crippen molar-refractivity contribution in [1.82, 2.24) is 9.97 Å². The van der Waals surface area contributed by atoms with Gasteiger partial charge in [-0.2, -0.15) is 0 Å². The van der Waals surface area contributed by atoms with Gasteiger partial charge in [0, 0.05) is 10.4 Å². The van der Waals surface area contributed by atoms with Crippen LogP contribution in [0.15, 0.2) is 30.3 Å². The second-order valence-corrected chi connectivity index (χ2v) is 5.70. The van der Waals surface area contributed by atoms with E-state index in [9.17, 15) is 0 Å². The number of nitrogen functional groups attached to an aromatic ring is 1. The maximum Gasteiger partial charge on any atom is 0.163 e. The molecule has 102 valence electrons. The molecule has 0 bridgehead atoms. The van der Waals surface area contributed by atoms with E-state index in [0.717, 1.165) is 21.5 Å². The van der Waals surface area contributed by atoms with Gasteiger partial charge in [-0.15, -0.1) is 11.3 Å². The molecule has 0 radical (unpaired) electrons. The molecule has 0 amide bonds. The third-order valence-corrected chi connectivity index (χ3v) is 3.89. The van der Waals surface area contributed by atoms with Gasteiger partial charge in [-0.1, -0.05) is 12.1 Å². The summed E-state index contributed by atoms with van der Waals surface area (Å²) in [5.41, 5.74) is 6.94. The lowest BCUT2D eigenvalue weighted by molar-refractivity contribution is 0.340. The zero-order valence-electron chi connectivity index (χ0n) is 11.4. The lowest BCUT2D eigenvalue weighted by Gasteiger charge is -2.06. The number of aromatic nitrogens is 2. The zero-order chi connectivity index (χ0) is 14.1. The van der Waals surface area contributed by atoms with Crippen LogP contribution in [0.2, 0.25) is 0 Å². The normalized spacial score (nSPS) is 10.9. The molecule has 0 fully saturated rings. The first-order valence-corrected chi connectivity index (χ1v) is 7.26. The van der Waals surface area contributed by atoms with Gasteiger partial charge in [0.05, 0.1) is 12.0 Å². The maximum absolute atomic E-state index is 6.03. The SMILES string of the molecule is CCOc1cccc(-c2nc(N)c3cc(C)sc3n2)c1. The molecule has 0 atom stereocenters. The third-order valence-electron chi connectivity index (χ3n) is 2.95. The Hall–Kier alpha value is -2.14. The molecule has 2 heterocycles. The Labute approximate surface area is 121 Å². The summed E-state index contributed by atoms with van der Waals surface area (Å²) in [7, 11) is 0. The van der Waals surface area contributed by atoms with E-state index in [-0.39, 0.29) is 0 Å². The summed E-state index contributed by atoms with van der Waals surface area (Å²) >= 11 is 1.63. The summed E-state index contributed by atoms with van der Waals surface area (Å²) in [4.78, 5) is 11.1. The zero-order valence-corrected chi connectivity index (χ0v) is 12.2. The summed E-state index contributed by atoms with van der Waals surface area (Å²) in [5.74, 6) is 1.98. The van der Waals surface area contributed by atoms with Crippen molar-refractivity contribution in [3.8, 4) is 17.1 Å². The number of ether oxygens (including phenoxy) is 1. The van der Waals surface area contributed by atoms with Crippen molar-refractivity contribution in [2.45, 2.75) is 13.8 Å². The quantitative estimate of drug-likeness (QED) is 0.798. The highest BCUT2D eigenvalue weighted by Crippen LogP contribution is 2.30. The highest BCUT2D eigenvalue weighted by molar-refractivity contribution is 7.18. The van der Waals surface area contributed by atoms with Crippen LogP contribution in [0.1, 0.15) is 11.8 Å². The highest BCUT2D eigenvalue weighted by atomic mass is 32.1. The molecule has 3 rings (SSSR count). The van der Waals surface area contributed by atoms with Gasteiger partial charge in [0.2, 0.25) is 0 Å². The summed E-state index contributed by atoms with van der Waals surface area (Å²) < 4.78 is 5.51. The van der Waals surface area contributed by atoms with Crippen molar-refractivity contribution in [1.29, 1.82) is 0 Å². The molecule has 0 aliphatic carbocycles. The van der Waals surface area contributed by atoms with E-state index in [1.165, 1.54) is 4.88 Å². The van der Waals surface area contributed by atoms with Crippen LogP contribution in [-0.4, -0.2) is 16.6 Å². The Balaban J connectivity index is 2.11. The second-order valence-electron chi connectivity index (χ2n) is 4.47. The van der Waals surface area contributed by atoms with Crippen molar-refractivity contribution < 1.29 is 4.74 Å². The summed E-state index contributed by atoms with van der Waals surface area (Å²) in [6, 6.07) is 9.78. The Bertz CT molecular complexity index is 767. The van der Waals surface area contributed by atoms with Gasteiger partial charge < -0.3 is 10.5 Å². The molecular formula is C15H15N3OS. The fourth-order valence-corrected chi connectivity index (χ4v) is 2.97. The van der Waals surface area contributed by atoms with Gasteiger partial charge in [0.15, 0.2) is 5.82 Å². The van der Waals surface area contributed by atoms with Crippen molar-refractivity contribution in [2.24, 2.45) is 0 Å². The molecule has 0 aliphatic heterocycles. The molecule has 0 saturated heterocycles. The van der Waals surface area contributed by atoms with Crippen LogP contribution < -0.4 is 10.5 Å². The molecule has 4 nitrogen and oxygen atoms in total. The number of hydrogen-bond acceptors (Lipinski definition) is 5. The van der Waals surface area contributed by atoms with Crippen molar-refractivity contribution in [3.63, 3.8) is 0 Å². The fraction of sp³-hybridized carbons (Fsp3) is 0.200. The average Bonchev–Trinajstić information content (AvgIpc) is 2.80. The standard InChI is InChI=1S/C15H15N3OS/c1-3-19-11-6-4-5-10(8-11)14-17-13(16)12-7-9(2)20-15(12)18-14/h4-8H,3H2,1-2H3,(H2,16,17,18). The number of rotatable bonds is 3. The molecule has 0 aliphatic rings. The molecule has 1 aromatic carbocycles. The number of benzene rings is 1. The predicted molar refractivity (Wildman–Crippen MR) is 83.2 cm³/mol. The minimum atomic E-state index is 0.524. The van der Waals surface area contributed by atoms with Crippen molar-refractivity contribution in [3.05, 3.63) is 35.2 Å². The molecular weight excluding hydrogens is 270 g/mol. The number of fused-ring (bicyclic) bond motifs is 1. The number of anilines is 1. The number of nitrogens with zero attached hydrogens (tertiary/aromatic N) is 2. The summed E-state index contributed by atoms with van der Waals surface area (Å²) in [5, 5.41) is 0.928. The molecule has 0 saturated carbocycles. The van der Waals surface area contributed by atoms with Gasteiger partial charge in [-0.3, -0.25) is 0 Å². The van der Waals surface area contributed by atoms with Crippen LogP contribution in [-0.2, 0) is 0 Å². The minimum absolute atomic E-state index is 0.524. The molecule has 2 aromatic heterocycles. The van der Waals surface area contributed by atoms with E-state index in [2.05, 4.69) is 9.97 Å². The van der Waals surface area contributed by atoms with Crippen molar-refractivity contribution in [2.75, 3.05) is 12.3 Å². The van der Waals surface area contributed by atoms with Crippen LogP contribution >= 0.6 is 11.3 Å². The Kier molecular flexibility index (Phi) is 3.28. The highest BCUT2D eigenvalue weighted by Gasteiger charge is 2.10. The van der Waals surface area contributed by atoms with Crippen LogP contribution in [0.3, 0.4) is 0 Å². The topological polar surface area (TPSA) is 61.0 Å². The maximum atomic E-state index is 6.03. The van der Waals surface area contributed by atoms with E-state index in [0.29, 0.717) is 18.2 Å². The fourth-order valence-electron chi connectivity index (χ4n) is 2.08. The predicted octanol–water partition coefficient (Wildman–Crippen LogP) is 3.65. The average molecular weight is 285 g/mol. The summed E-state index contributed by atoms with van der Waals surface area (Å²) in [6.07, 6.45) is 0. The molecule has 5 heteroatoms. The third kappa shape index (κ3) is 2.32. The number of aryl methyl sites for hydroxylation is 1. The van der Waals surface area contributed by atoms with Crippen LogP contribution in [0.25, 0.3) is 21.6 Å². The van der Waals surface area contributed by atoms with E-state index in [4.69, 9.17) is 10.5 Å². The van der Waals surface area contributed by atoms with E-state index in [1.807, 2.05) is 44.2 Å². The van der Waals surface area contributed by atoms with Gasteiger partial charge in [0.25, 0.3) is 0 Å². The van der Waals surface area contributed by atoms with Crippen LogP contribution in [0, 0.1) is 6.92 Å². The first-order chi connectivity index (χ1) is 9.67. The van der Waals surface area contributed by atoms with Gasteiger partial charge in [0.1, 0.15) is 16.4 Å². The Morgan fingerprint density at radius 3 is 2.90 bits per heavy atom. The number of nitrogens with two attached hydrogens (primary N) is 1. The largest absolute Gasteiger partial charge is 0.494 e. The van der Waals surface area contributed by atoms with E-state index < -0.39 is 0 Å². The first-order valence-electron chi connectivity index (χ1n) is 6.44. The van der Waals surface area contributed by atoms with Crippen LogP contribution in [0.4, 0.5) is 5.82 Å². The molecule has 20 heavy (non-hydrogen) atoms. The van der Waals surface area contributed by atoms with Gasteiger partial charge in [-0.05, 0) is 32.0 Å². The van der Waals surface area contributed by atoms with Crippen LogP contribution in [0.5, 0.6) is 5.75 Å². The van der Waals surface area contributed by atoms with Gasteiger partial charge >= 0.3 is 0 Å². The Morgan fingerprint density at radius 2 is 2.10 bits per heavy atom. The Morgan fingerprint density at radius 1 is 1.25 bits per heavy atom. The summed E-state index contributed by atoms with van der Waals surface area (Å²) in [6.45, 7) is 4.64. The lowest BCUT2D eigenvalue weighted by atomic mass is 10.2. The minimum Gasteiger partial charge on any atom is -0.494 e. The molecule has 2 N–H and O–H groups in total. The van der Waals surface area contributed by atoms with Crippen molar-refractivity contribution >= 4 is 27.4 Å². The smallest absolute Gasteiger partial charge is 0.163 e. The number of thiophene rings is 1. The van der Waals surface area contributed by atoms with E-state index >= 15 is 0 Å². The number of hydrogen-bond donors (Lipinski definition) is 1. The monoisotopic (exact) mass is 285 g/mol. The van der Waals surface area contributed by atoms with Gasteiger partial charge in [-0.25, -0.2) is 9.97 Å². The van der Waals surface area contributed by atoms with E-state index in [1.54, 1.807) is 11.3 Å². The second kappa shape index (κ2) is 5.09. The molecule has 0 unspecified atom stereocenters.